The number of thiol groups is 1. The average molecular weight is 342 g/mol. The summed E-state index contributed by atoms with van der Waals surface area (Å²) in [5, 5.41) is 0. The zero-order valence-corrected chi connectivity index (χ0v) is 12.7. The molecule has 0 aliphatic carbocycles. The molecule has 0 rings (SSSR count). The third-order valence-corrected chi connectivity index (χ3v) is 2.02. The van der Waals surface area contributed by atoms with Gasteiger partial charge in [0.1, 0.15) is 6.61 Å². The first kappa shape index (κ1) is 18.0. The number of hydrogen-bond donors (Lipinski definition) is 1. The fourth-order valence-corrected chi connectivity index (χ4v) is 1.08. The second-order valence-corrected chi connectivity index (χ2v) is 3.37. The van der Waals surface area contributed by atoms with E-state index in [-0.39, 0.29) is 36.2 Å². The van der Waals surface area contributed by atoms with E-state index in [0.717, 1.165) is 13.0 Å². The van der Waals surface area contributed by atoms with E-state index in [1.165, 1.54) is 19.3 Å². The van der Waals surface area contributed by atoms with Crippen LogP contribution in [0.15, 0.2) is 0 Å². The van der Waals surface area contributed by atoms with Crippen LogP contribution in [0.4, 0.5) is 0 Å². The first-order valence-electron chi connectivity index (χ1n) is 5.15. The Kier molecular flexibility index (Phi) is 17.5. The molecule has 0 spiro atoms. The molecule has 0 atom stereocenters. The van der Waals surface area contributed by atoms with E-state index < -0.39 is 0 Å². The Bertz CT molecular complexity index is 145. The van der Waals surface area contributed by atoms with Crippen molar-refractivity contribution in [2.75, 3.05) is 25.6 Å². The maximum atomic E-state index is 10.6. The maximum Gasteiger partial charge on any atom is 0.315 e. The molecular weight excluding hydrogens is 322 g/mol. The van der Waals surface area contributed by atoms with Crippen molar-refractivity contribution >= 4 is 43.0 Å². The van der Waals surface area contributed by atoms with E-state index in [4.69, 9.17) is 9.47 Å². The molecule has 0 aliphatic heterocycles. The van der Waals surface area contributed by atoms with Crippen LogP contribution in [0, 0.1) is 0 Å². The number of unbranched alkanes of at least 4 members (excludes halogenated alkanes) is 3. The Morgan fingerprint density at radius 3 is 2.47 bits per heavy atom. The fraction of sp³-hybridized carbons (Fsp3) is 0.900. The molecule has 0 bridgehead atoms. The Morgan fingerprint density at radius 2 is 1.87 bits per heavy atom. The fourth-order valence-electron chi connectivity index (χ4n) is 0.993. The minimum Gasteiger partial charge on any atom is -0.463 e. The van der Waals surface area contributed by atoms with Crippen LogP contribution >= 0.6 is 12.6 Å². The second-order valence-electron chi connectivity index (χ2n) is 3.05. The van der Waals surface area contributed by atoms with Crippen LogP contribution in [-0.2, 0) is 14.3 Å². The Hall–Kier alpha value is 0.598. The average Bonchev–Trinajstić information content (AvgIpc) is 2.21. The number of carbonyl (C=O) groups is 1. The SMILES string of the molecule is CCCCCCOCCOC(=O)CS.[Sb]. The molecular formula is C10H20O3SSb. The monoisotopic (exact) mass is 341 g/mol. The van der Waals surface area contributed by atoms with Crippen LogP contribution in [-0.4, -0.2) is 56.0 Å². The predicted molar refractivity (Wildman–Crippen MR) is 65.5 cm³/mol. The molecule has 0 saturated heterocycles. The van der Waals surface area contributed by atoms with Gasteiger partial charge in [0.05, 0.1) is 12.4 Å². The number of esters is 1. The van der Waals surface area contributed by atoms with Crippen molar-refractivity contribution in [1.82, 2.24) is 0 Å². The molecule has 0 N–H and O–H groups in total. The van der Waals surface area contributed by atoms with E-state index in [0.29, 0.717) is 13.2 Å². The number of carbonyl (C=O) groups excluding carboxylic acids is 1. The molecule has 0 aromatic carbocycles. The predicted octanol–water partition coefficient (Wildman–Crippen LogP) is 1.68. The van der Waals surface area contributed by atoms with E-state index in [9.17, 15) is 4.79 Å². The van der Waals surface area contributed by atoms with Gasteiger partial charge in [-0.2, -0.15) is 12.6 Å². The smallest absolute Gasteiger partial charge is 0.315 e. The molecule has 3 radical (unpaired) electrons. The topological polar surface area (TPSA) is 35.5 Å². The molecule has 0 aliphatic rings. The molecule has 0 amide bonds. The Morgan fingerprint density at radius 1 is 1.13 bits per heavy atom. The molecule has 0 aromatic heterocycles. The normalized spacial score (nSPS) is 9.47. The third-order valence-electron chi connectivity index (χ3n) is 1.76. The first-order valence-corrected chi connectivity index (χ1v) is 5.78. The quantitative estimate of drug-likeness (QED) is 0.300. The summed E-state index contributed by atoms with van der Waals surface area (Å²) in [6, 6.07) is 0. The third kappa shape index (κ3) is 14.6. The summed E-state index contributed by atoms with van der Waals surface area (Å²) >= 11 is 3.78. The molecule has 89 valence electrons. The van der Waals surface area contributed by atoms with Crippen molar-refractivity contribution in [1.29, 1.82) is 0 Å². The van der Waals surface area contributed by atoms with E-state index >= 15 is 0 Å². The molecule has 0 unspecified atom stereocenters. The Labute approximate surface area is 115 Å². The summed E-state index contributed by atoms with van der Waals surface area (Å²) in [5.74, 6) is -0.154. The van der Waals surface area contributed by atoms with Crippen LogP contribution in [0.1, 0.15) is 32.6 Å². The maximum absolute atomic E-state index is 10.6. The summed E-state index contributed by atoms with van der Waals surface area (Å²) in [6.45, 7) is 3.77. The van der Waals surface area contributed by atoms with Gasteiger partial charge in [0.15, 0.2) is 0 Å². The second kappa shape index (κ2) is 14.6. The standard InChI is InChI=1S/C10H20O3S.Sb/c1-2-3-4-5-6-12-7-8-13-10(11)9-14;/h14H,2-9H2,1H3;. The van der Waals surface area contributed by atoms with Crippen LogP contribution in [0.2, 0.25) is 0 Å². The van der Waals surface area contributed by atoms with E-state index in [1.807, 2.05) is 0 Å². The molecule has 15 heavy (non-hydrogen) atoms. The van der Waals surface area contributed by atoms with Crippen molar-refractivity contribution in [3.63, 3.8) is 0 Å². The van der Waals surface area contributed by atoms with Gasteiger partial charge in [-0.3, -0.25) is 4.79 Å². The summed E-state index contributed by atoms with van der Waals surface area (Å²) in [5.41, 5.74) is 0. The summed E-state index contributed by atoms with van der Waals surface area (Å²) < 4.78 is 10.1. The largest absolute Gasteiger partial charge is 0.463 e. The minimum atomic E-state index is -0.289. The summed E-state index contributed by atoms with van der Waals surface area (Å²) in [7, 11) is 0. The van der Waals surface area contributed by atoms with Gasteiger partial charge in [-0.25, -0.2) is 0 Å². The molecule has 0 saturated carbocycles. The number of rotatable bonds is 9. The molecule has 5 heteroatoms. The van der Waals surface area contributed by atoms with Crippen molar-refractivity contribution < 1.29 is 14.3 Å². The van der Waals surface area contributed by atoms with Gasteiger partial charge in [-0.1, -0.05) is 26.2 Å². The van der Waals surface area contributed by atoms with Crippen LogP contribution in [0.25, 0.3) is 0 Å². The number of hydrogen-bond acceptors (Lipinski definition) is 4. The molecule has 0 fully saturated rings. The van der Waals surface area contributed by atoms with Gasteiger partial charge >= 0.3 is 5.97 Å². The van der Waals surface area contributed by atoms with Gasteiger partial charge in [0, 0.05) is 31.0 Å². The molecule has 0 heterocycles. The van der Waals surface area contributed by atoms with Gasteiger partial charge in [-0.05, 0) is 6.42 Å². The van der Waals surface area contributed by atoms with Crippen LogP contribution in [0.5, 0.6) is 0 Å². The van der Waals surface area contributed by atoms with Crippen molar-refractivity contribution in [2.24, 2.45) is 0 Å². The van der Waals surface area contributed by atoms with E-state index in [1.54, 1.807) is 0 Å². The first-order chi connectivity index (χ1) is 6.81. The van der Waals surface area contributed by atoms with Crippen LogP contribution < -0.4 is 0 Å². The Balaban J connectivity index is 0. The van der Waals surface area contributed by atoms with Gasteiger partial charge in [0.2, 0.25) is 0 Å². The molecule has 3 nitrogen and oxygen atoms in total. The zero-order valence-electron chi connectivity index (χ0n) is 9.28. The van der Waals surface area contributed by atoms with Crippen molar-refractivity contribution in [3.8, 4) is 0 Å². The summed E-state index contributed by atoms with van der Waals surface area (Å²) in [4.78, 5) is 10.6. The van der Waals surface area contributed by atoms with Gasteiger partial charge in [0.25, 0.3) is 0 Å². The van der Waals surface area contributed by atoms with Crippen molar-refractivity contribution in [3.05, 3.63) is 0 Å². The molecule has 0 aromatic rings. The number of ether oxygens (including phenoxy) is 2. The minimum absolute atomic E-state index is 0. The van der Waals surface area contributed by atoms with E-state index in [2.05, 4.69) is 19.6 Å². The van der Waals surface area contributed by atoms with Crippen molar-refractivity contribution in [2.45, 2.75) is 32.6 Å². The van der Waals surface area contributed by atoms with Gasteiger partial charge in [-0.15, -0.1) is 0 Å². The van der Waals surface area contributed by atoms with Crippen LogP contribution in [0.3, 0.4) is 0 Å². The van der Waals surface area contributed by atoms with Gasteiger partial charge < -0.3 is 9.47 Å². The summed E-state index contributed by atoms with van der Waals surface area (Å²) in [6.07, 6.45) is 4.80. The zero-order chi connectivity index (χ0) is 10.6.